The Bertz CT molecular complexity index is 187. The molecule has 2 heteroatoms. The van der Waals surface area contributed by atoms with Gasteiger partial charge in [0, 0.05) is 12.1 Å². The zero-order valence-electron chi connectivity index (χ0n) is 9.26. The predicted molar refractivity (Wildman–Crippen MR) is 58.2 cm³/mol. The third-order valence-electron chi connectivity index (χ3n) is 4.16. The molecule has 2 fully saturated rings. The van der Waals surface area contributed by atoms with Crippen LogP contribution in [0.5, 0.6) is 0 Å². The second kappa shape index (κ2) is 4.19. The Hall–Kier alpha value is -0.0800. The van der Waals surface area contributed by atoms with Gasteiger partial charge in [0.05, 0.1) is 6.10 Å². The molecule has 0 radical (unpaired) electrons. The average Bonchev–Trinajstić information content (AvgIpc) is 2.45. The van der Waals surface area contributed by atoms with Crippen LogP contribution in [0.4, 0.5) is 0 Å². The Morgan fingerprint density at radius 2 is 1.79 bits per heavy atom. The lowest BCUT2D eigenvalue weighted by Crippen LogP contribution is -2.43. The summed E-state index contributed by atoms with van der Waals surface area (Å²) < 4.78 is 0. The number of aliphatic hydroxyl groups is 1. The molecule has 0 spiro atoms. The van der Waals surface area contributed by atoms with Crippen LogP contribution in [0.15, 0.2) is 0 Å². The van der Waals surface area contributed by atoms with Gasteiger partial charge in [-0.25, -0.2) is 0 Å². The third-order valence-corrected chi connectivity index (χ3v) is 4.16. The summed E-state index contributed by atoms with van der Waals surface area (Å²) >= 11 is 0. The van der Waals surface area contributed by atoms with E-state index in [4.69, 9.17) is 0 Å². The van der Waals surface area contributed by atoms with Crippen LogP contribution in [0, 0.1) is 5.92 Å². The second-order valence-electron chi connectivity index (χ2n) is 5.34. The van der Waals surface area contributed by atoms with Crippen molar-refractivity contribution in [2.75, 3.05) is 6.54 Å². The lowest BCUT2D eigenvalue weighted by Gasteiger charge is -2.34. The first-order chi connectivity index (χ1) is 6.71. The molecule has 2 nitrogen and oxygen atoms in total. The molecule has 1 saturated heterocycles. The number of hydrogen-bond donors (Lipinski definition) is 2. The van der Waals surface area contributed by atoms with E-state index in [-0.39, 0.29) is 11.6 Å². The molecule has 1 saturated carbocycles. The Morgan fingerprint density at radius 1 is 1.14 bits per heavy atom. The Balaban J connectivity index is 1.97. The highest BCUT2D eigenvalue weighted by atomic mass is 16.3. The van der Waals surface area contributed by atoms with Crippen molar-refractivity contribution < 1.29 is 5.11 Å². The summed E-state index contributed by atoms with van der Waals surface area (Å²) in [6.07, 6.45) is 9.16. The van der Waals surface area contributed by atoms with Crippen molar-refractivity contribution in [2.45, 2.75) is 63.5 Å². The molecule has 2 aliphatic rings. The van der Waals surface area contributed by atoms with Gasteiger partial charge in [0.2, 0.25) is 0 Å². The number of hydrogen-bond acceptors (Lipinski definition) is 2. The van der Waals surface area contributed by atoms with Crippen LogP contribution in [0.1, 0.15) is 51.9 Å². The van der Waals surface area contributed by atoms with E-state index in [1.54, 1.807) is 0 Å². The standard InChI is InChI=1S/C12H23NO/c1-12(8-11(14)9-13-12)10-6-4-2-3-5-7-10/h10-11,13-14H,2-9H2,1H3. The van der Waals surface area contributed by atoms with Crippen molar-refractivity contribution in [3.8, 4) is 0 Å². The summed E-state index contributed by atoms with van der Waals surface area (Å²) in [6, 6.07) is 0. The van der Waals surface area contributed by atoms with Gasteiger partial charge in [-0.15, -0.1) is 0 Å². The van der Waals surface area contributed by atoms with Crippen molar-refractivity contribution >= 4 is 0 Å². The van der Waals surface area contributed by atoms with E-state index in [1.807, 2.05) is 0 Å². The molecule has 2 rings (SSSR count). The molecule has 2 atom stereocenters. The highest BCUT2D eigenvalue weighted by Gasteiger charge is 2.39. The van der Waals surface area contributed by atoms with E-state index in [9.17, 15) is 5.11 Å². The van der Waals surface area contributed by atoms with E-state index >= 15 is 0 Å². The smallest absolute Gasteiger partial charge is 0.0682 e. The zero-order chi connectivity index (χ0) is 10.0. The van der Waals surface area contributed by atoms with Crippen molar-refractivity contribution in [2.24, 2.45) is 5.92 Å². The fourth-order valence-electron chi connectivity index (χ4n) is 3.21. The molecule has 0 aromatic carbocycles. The summed E-state index contributed by atoms with van der Waals surface area (Å²) in [4.78, 5) is 0. The van der Waals surface area contributed by atoms with Crippen LogP contribution >= 0.6 is 0 Å². The van der Waals surface area contributed by atoms with Gasteiger partial charge in [0.1, 0.15) is 0 Å². The largest absolute Gasteiger partial charge is 0.392 e. The topological polar surface area (TPSA) is 32.3 Å². The fraction of sp³-hybridized carbons (Fsp3) is 1.00. The van der Waals surface area contributed by atoms with Crippen LogP contribution in [0.25, 0.3) is 0 Å². The summed E-state index contributed by atoms with van der Waals surface area (Å²) in [5.41, 5.74) is 0.226. The highest BCUT2D eigenvalue weighted by molar-refractivity contribution is 4.98. The summed E-state index contributed by atoms with van der Waals surface area (Å²) in [7, 11) is 0. The van der Waals surface area contributed by atoms with Crippen molar-refractivity contribution in [3.63, 3.8) is 0 Å². The van der Waals surface area contributed by atoms with Gasteiger partial charge >= 0.3 is 0 Å². The number of rotatable bonds is 1. The molecule has 0 aromatic heterocycles. The quantitative estimate of drug-likeness (QED) is 0.631. The van der Waals surface area contributed by atoms with E-state index in [1.165, 1.54) is 38.5 Å². The van der Waals surface area contributed by atoms with E-state index < -0.39 is 0 Å². The molecule has 82 valence electrons. The van der Waals surface area contributed by atoms with E-state index in [0.29, 0.717) is 0 Å². The molecule has 0 bridgehead atoms. The van der Waals surface area contributed by atoms with Crippen molar-refractivity contribution in [1.29, 1.82) is 0 Å². The molecule has 2 N–H and O–H groups in total. The molecular formula is C12H23NO. The molecule has 1 aliphatic carbocycles. The first-order valence-corrected chi connectivity index (χ1v) is 6.14. The molecular weight excluding hydrogens is 174 g/mol. The third kappa shape index (κ3) is 2.12. The fourth-order valence-corrected chi connectivity index (χ4v) is 3.21. The highest BCUT2D eigenvalue weighted by Crippen LogP contribution is 2.36. The maximum absolute atomic E-state index is 9.60. The first kappa shape index (κ1) is 10.4. The molecule has 1 heterocycles. The van der Waals surface area contributed by atoms with Crippen LogP contribution in [-0.4, -0.2) is 23.3 Å². The van der Waals surface area contributed by atoms with Gasteiger partial charge in [0.15, 0.2) is 0 Å². The van der Waals surface area contributed by atoms with Gasteiger partial charge in [-0.1, -0.05) is 25.7 Å². The lowest BCUT2D eigenvalue weighted by molar-refractivity contribution is 0.166. The normalized spacial score (nSPS) is 41.1. The Morgan fingerprint density at radius 3 is 2.29 bits per heavy atom. The van der Waals surface area contributed by atoms with Crippen LogP contribution in [-0.2, 0) is 0 Å². The van der Waals surface area contributed by atoms with E-state index in [2.05, 4.69) is 12.2 Å². The maximum Gasteiger partial charge on any atom is 0.0682 e. The first-order valence-electron chi connectivity index (χ1n) is 6.14. The SMILES string of the molecule is CC1(C2CCCCCC2)CC(O)CN1. The van der Waals surface area contributed by atoms with Crippen molar-refractivity contribution in [1.82, 2.24) is 5.32 Å². The average molecular weight is 197 g/mol. The minimum absolute atomic E-state index is 0.108. The molecule has 1 aliphatic heterocycles. The van der Waals surface area contributed by atoms with Gasteiger partial charge in [-0.2, -0.15) is 0 Å². The molecule has 14 heavy (non-hydrogen) atoms. The lowest BCUT2D eigenvalue weighted by atomic mass is 9.79. The van der Waals surface area contributed by atoms with Crippen LogP contribution in [0.2, 0.25) is 0 Å². The zero-order valence-corrected chi connectivity index (χ0v) is 9.26. The number of β-amino-alcohol motifs (C(OH)–C–C–N with tert-alkyl or cyclic N) is 1. The number of aliphatic hydroxyl groups excluding tert-OH is 1. The van der Waals surface area contributed by atoms with E-state index in [0.717, 1.165) is 18.9 Å². The summed E-state index contributed by atoms with van der Waals surface area (Å²) in [5, 5.41) is 13.1. The Kier molecular flexibility index (Phi) is 3.13. The predicted octanol–water partition coefficient (Wildman–Crippen LogP) is 2.07. The van der Waals surface area contributed by atoms with Crippen molar-refractivity contribution in [3.05, 3.63) is 0 Å². The minimum atomic E-state index is -0.108. The summed E-state index contributed by atoms with van der Waals surface area (Å²) in [6.45, 7) is 3.10. The molecule has 2 unspecified atom stereocenters. The van der Waals surface area contributed by atoms with Crippen LogP contribution < -0.4 is 5.32 Å². The van der Waals surface area contributed by atoms with Gasteiger partial charge in [-0.05, 0) is 32.1 Å². The monoisotopic (exact) mass is 197 g/mol. The van der Waals surface area contributed by atoms with Gasteiger partial charge < -0.3 is 10.4 Å². The second-order valence-corrected chi connectivity index (χ2v) is 5.34. The number of nitrogens with one attached hydrogen (secondary N) is 1. The van der Waals surface area contributed by atoms with Gasteiger partial charge in [-0.3, -0.25) is 0 Å². The Labute approximate surface area is 87.1 Å². The molecule has 0 aromatic rings. The summed E-state index contributed by atoms with van der Waals surface area (Å²) in [5.74, 6) is 0.794. The minimum Gasteiger partial charge on any atom is -0.392 e. The van der Waals surface area contributed by atoms with Crippen LogP contribution in [0.3, 0.4) is 0 Å². The van der Waals surface area contributed by atoms with Gasteiger partial charge in [0.25, 0.3) is 0 Å². The molecule has 0 amide bonds. The maximum atomic E-state index is 9.60.